The number of furan rings is 1. The number of aryl methyl sites for hydroxylation is 1. The number of urea groups is 1. The molecule has 2 heterocycles. The average Bonchev–Trinajstić information content (AvgIpc) is 3.11. The fraction of sp³-hybridized carbons (Fsp3) is 0.353. The second-order valence-electron chi connectivity index (χ2n) is 5.99. The van der Waals surface area contributed by atoms with Crippen molar-refractivity contribution in [2.24, 2.45) is 0 Å². The van der Waals surface area contributed by atoms with Gasteiger partial charge in [0.05, 0.1) is 18.1 Å². The minimum absolute atomic E-state index is 0.00506. The number of hydrogen-bond acceptors (Lipinski definition) is 4. The number of para-hydroxylation sites is 1. The number of carbonyl (C=O) groups excluding carboxylic acids is 1. The van der Waals surface area contributed by atoms with Crippen LogP contribution < -0.4 is 5.32 Å². The molecule has 1 unspecified atom stereocenters. The lowest BCUT2D eigenvalue weighted by Crippen LogP contribution is -2.43. The zero-order valence-corrected chi connectivity index (χ0v) is 14.3. The lowest BCUT2D eigenvalue weighted by Gasteiger charge is -2.27. The molecule has 128 valence electrons. The Morgan fingerprint density at radius 3 is 2.58 bits per heavy atom. The smallest absolute Gasteiger partial charge is 0.322 e. The Hall–Kier alpha value is -2.28. The number of rotatable bonds is 4. The molecular formula is C17H20N2O4S. The molecule has 0 bridgehead atoms. The van der Waals surface area contributed by atoms with Crippen LogP contribution in [0.15, 0.2) is 46.9 Å². The van der Waals surface area contributed by atoms with E-state index < -0.39 is 9.84 Å². The summed E-state index contributed by atoms with van der Waals surface area (Å²) in [6, 6.07) is 12.1. The van der Waals surface area contributed by atoms with Crippen LogP contribution in [0.2, 0.25) is 0 Å². The Morgan fingerprint density at radius 1 is 1.25 bits per heavy atom. The molecule has 1 saturated heterocycles. The summed E-state index contributed by atoms with van der Waals surface area (Å²) in [5.74, 6) is 1.51. The number of carbonyl (C=O) groups is 1. The minimum atomic E-state index is -3.09. The molecule has 0 spiro atoms. The highest BCUT2D eigenvalue weighted by molar-refractivity contribution is 7.91. The maximum Gasteiger partial charge on any atom is 0.322 e. The second kappa shape index (κ2) is 6.68. The molecule has 24 heavy (non-hydrogen) atoms. The fourth-order valence-electron chi connectivity index (χ4n) is 2.84. The molecule has 1 aromatic heterocycles. The molecule has 3 rings (SSSR count). The first-order valence-electron chi connectivity index (χ1n) is 7.81. The van der Waals surface area contributed by atoms with Crippen molar-refractivity contribution < 1.29 is 17.6 Å². The van der Waals surface area contributed by atoms with Gasteiger partial charge in [0.1, 0.15) is 11.5 Å². The van der Waals surface area contributed by atoms with Crippen molar-refractivity contribution >= 4 is 21.6 Å². The van der Waals surface area contributed by atoms with Crippen LogP contribution in [0.4, 0.5) is 10.5 Å². The van der Waals surface area contributed by atoms with Crippen LogP contribution in [-0.4, -0.2) is 36.9 Å². The molecule has 1 atom stereocenters. The van der Waals surface area contributed by atoms with Crippen molar-refractivity contribution in [1.29, 1.82) is 0 Å². The molecule has 2 amide bonds. The van der Waals surface area contributed by atoms with Gasteiger partial charge in [0, 0.05) is 11.7 Å². The van der Waals surface area contributed by atoms with Gasteiger partial charge in [0.25, 0.3) is 0 Å². The van der Waals surface area contributed by atoms with Crippen LogP contribution in [0.5, 0.6) is 0 Å². The van der Waals surface area contributed by atoms with Gasteiger partial charge in [-0.25, -0.2) is 13.2 Å². The van der Waals surface area contributed by atoms with Crippen LogP contribution >= 0.6 is 0 Å². The second-order valence-corrected chi connectivity index (χ2v) is 8.22. The monoisotopic (exact) mass is 348 g/mol. The van der Waals surface area contributed by atoms with Crippen molar-refractivity contribution in [2.45, 2.75) is 25.9 Å². The fourth-order valence-corrected chi connectivity index (χ4v) is 4.57. The van der Waals surface area contributed by atoms with Crippen LogP contribution in [0, 0.1) is 6.92 Å². The first kappa shape index (κ1) is 16.6. The van der Waals surface area contributed by atoms with Crippen LogP contribution in [0.3, 0.4) is 0 Å². The number of hydrogen-bond donors (Lipinski definition) is 1. The van der Waals surface area contributed by atoms with E-state index in [0.29, 0.717) is 17.9 Å². The van der Waals surface area contributed by atoms with Gasteiger partial charge < -0.3 is 14.6 Å². The number of nitrogens with one attached hydrogen (secondary N) is 1. The zero-order chi connectivity index (χ0) is 17.2. The van der Waals surface area contributed by atoms with Crippen LogP contribution in [0.1, 0.15) is 17.9 Å². The van der Waals surface area contributed by atoms with Crippen molar-refractivity contribution in [1.82, 2.24) is 4.90 Å². The number of amides is 2. The molecule has 0 saturated carbocycles. The SMILES string of the molecule is Cc1ccc(CN(C(=O)Nc2ccccc2)C2CCS(=O)(=O)C2)o1. The van der Waals surface area contributed by atoms with Gasteiger partial charge in [-0.1, -0.05) is 18.2 Å². The molecular weight excluding hydrogens is 328 g/mol. The van der Waals surface area contributed by atoms with Crippen molar-refractivity contribution in [3.8, 4) is 0 Å². The minimum Gasteiger partial charge on any atom is -0.464 e. The molecule has 1 fully saturated rings. The maximum atomic E-state index is 12.7. The van der Waals surface area contributed by atoms with Gasteiger partial charge in [0.2, 0.25) is 0 Å². The van der Waals surface area contributed by atoms with Gasteiger partial charge in [-0.15, -0.1) is 0 Å². The van der Waals surface area contributed by atoms with Crippen molar-refractivity contribution in [2.75, 3.05) is 16.8 Å². The molecule has 1 aromatic carbocycles. The first-order valence-corrected chi connectivity index (χ1v) is 9.63. The predicted molar refractivity (Wildman–Crippen MR) is 91.5 cm³/mol. The molecule has 0 aliphatic carbocycles. The molecule has 2 aromatic rings. The normalized spacial score (nSPS) is 19.1. The number of benzene rings is 1. The third-order valence-electron chi connectivity index (χ3n) is 4.06. The van der Waals surface area contributed by atoms with Gasteiger partial charge in [-0.05, 0) is 37.6 Å². The van der Waals surface area contributed by atoms with Crippen LogP contribution in [-0.2, 0) is 16.4 Å². The van der Waals surface area contributed by atoms with Crippen molar-refractivity contribution in [3.05, 3.63) is 54.0 Å². The molecule has 1 aliphatic rings. The highest BCUT2D eigenvalue weighted by Gasteiger charge is 2.35. The lowest BCUT2D eigenvalue weighted by molar-refractivity contribution is 0.183. The first-order chi connectivity index (χ1) is 11.4. The average molecular weight is 348 g/mol. The van der Waals surface area contributed by atoms with E-state index in [2.05, 4.69) is 5.32 Å². The highest BCUT2D eigenvalue weighted by atomic mass is 32.2. The summed E-state index contributed by atoms with van der Waals surface area (Å²) in [5, 5.41) is 2.82. The lowest BCUT2D eigenvalue weighted by atomic mass is 10.2. The van der Waals surface area contributed by atoms with Crippen molar-refractivity contribution in [3.63, 3.8) is 0 Å². The van der Waals surface area contributed by atoms with Crippen LogP contribution in [0.25, 0.3) is 0 Å². The summed E-state index contributed by atoms with van der Waals surface area (Å²) in [5.41, 5.74) is 0.670. The van der Waals surface area contributed by atoms with Gasteiger partial charge >= 0.3 is 6.03 Å². The van der Waals surface area contributed by atoms with E-state index >= 15 is 0 Å². The van der Waals surface area contributed by atoms with E-state index in [-0.39, 0.29) is 30.1 Å². The zero-order valence-electron chi connectivity index (χ0n) is 13.4. The molecule has 6 nitrogen and oxygen atoms in total. The van der Waals surface area contributed by atoms with E-state index in [4.69, 9.17) is 4.42 Å². The summed E-state index contributed by atoms with van der Waals surface area (Å²) in [6.45, 7) is 2.07. The summed E-state index contributed by atoms with van der Waals surface area (Å²) in [4.78, 5) is 14.3. The van der Waals surface area contributed by atoms with Gasteiger partial charge in [-0.2, -0.15) is 0 Å². The third-order valence-corrected chi connectivity index (χ3v) is 5.81. The highest BCUT2D eigenvalue weighted by Crippen LogP contribution is 2.22. The number of nitrogens with zero attached hydrogens (tertiary/aromatic N) is 1. The third kappa shape index (κ3) is 3.97. The molecule has 1 N–H and O–H groups in total. The standard InChI is InChI=1S/C17H20N2O4S/c1-13-7-8-16(23-13)11-19(15-9-10-24(21,22)12-15)17(20)18-14-5-3-2-4-6-14/h2-8,15H,9-12H2,1H3,(H,18,20). The Balaban J connectivity index is 1.79. The number of anilines is 1. The summed E-state index contributed by atoms with van der Waals surface area (Å²) in [7, 11) is -3.09. The largest absolute Gasteiger partial charge is 0.464 e. The quantitative estimate of drug-likeness (QED) is 0.921. The Labute approximate surface area is 141 Å². The summed E-state index contributed by atoms with van der Waals surface area (Å²) < 4.78 is 29.2. The molecule has 1 aliphatic heterocycles. The van der Waals surface area contributed by atoms with Gasteiger partial charge in [0.15, 0.2) is 9.84 Å². The Kier molecular flexibility index (Phi) is 4.62. The Bertz CT molecular complexity index is 814. The number of sulfone groups is 1. The molecule has 7 heteroatoms. The summed E-state index contributed by atoms with van der Waals surface area (Å²) >= 11 is 0. The van der Waals surface area contributed by atoms with E-state index in [1.165, 1.54) is 0 Å². The van der Waals surface area contributed by atoms with E-state index in [0.717, 1.165) is 5.76 Å². The predicted octanol–water partition coefficient (Wildman–Crippen LogP) is 2.81. The Morgan fingerprint density at radius 2 is 2.00 bits per heavy atom. The topological polar surface area (TPSA) is 79.6 Å². The maximum absolute atomic E-state index is 12.7. The van der Waals surface area contributed by atoms with Gasteiger partial charge in [-0.3, -0.25) is 0 Å². The van der Waals surface area contributed by atoms with E-state index in [1.807, 2.05) is 37.3 Å². The molecule has 0 radical (unpaired) electrons. The van der Waals surface area contributed by atoms with E-state index in [9.17, 15) is 13.2 Å². The summed E-state index contributed by atoms with van der Waals surface area (Å²) in [6.07, 6.45) is 0.449. The van der Waals surface area contributed by atoms with E-state index in [1.54, 1.807) is 17.0 Å².